The van der Waals surface area contributed by atoms with Crippen molar-refractivity contribution < 1.29 is 14.7 Å². The zero-order chi connectivity index (χ0) is 18.6. The van der Waals surface area contributed by atoms with Crippen LogP contribution in [0.15, 0.2) is 36.4 Å². The number of hydrogen-bond donors (Lipinski definition) is 3. The van der Waals surface area contributed by atoms with Crippen LogP contribution in [0, 0.1) is 13.8 Å². The summed E-state index contributed by atoms with van der Waals surface area (Å²) in [5.74, 6) is -0.669. The number of hydrogen-bond acceptors (Lipinski definition) is 3. The van der Waals surface area contributed by atoms with E-state index in [2.05, 4.69) is 16.7 Å². The molecule has 0 saturated heterocycles. The lowest BCUT2D eigenvalue weighted by atomic mass is 10.0. The minimum atomic E-state index is -0.392. The summed E-state index contributed by atoms with van der Waals surface area (Å²) in [5.41, 5.74) is 3.87. The van der Waals surface area contributed by atoms with E-state index in [0.29, 0.717) is 12.1 Å². The van der Waals surface area contributed by atoms with Gasteiger partial charge in [-0.1, -0.05) is 36.2 Å². The highest BCUT2D eigenvalue weighted by atomic mass is 16.3. The lowest BCUT2D eigenvalue weighted by Crippen LogP contribution is -2.27. The second kappa shape index (κ2) is 7.83. The van der Waals surface area contributed by atoms with Gasteiger partial charge in [0.05, 0.1) is 11.6 Å². The molecule has 2 aromatic carbocycles. The van der Waals surface area contributed by atoms with E-state index in [-0.39, 0.29) is 23.3 Å². The van der Waals surface area contributed by atoms with Gasteiger partial charge in [-0.15, -0.1) is 0 Å². The predicted octanol–water partition coefficient (Wildman–Crippen LogP) is 3.85. The summed E-state index contributed by atoms with van der Waals surface area (Å²) >= 11 is 0. The normalized spacial score (nSPS) is 11.7. The van der Waals surface area contributed by atoms with Gasteiger partial charge in [0.1, 0.15) is 5.75 Å². The molecule has 0 heterocycles. The largest absolute Gasteiger partial charge is 0.507 e. The van der Waals surface area contributed by atoms with E-state index in [0.717, 1.165) is 16.7 Å². The van der Waals surface area contributed by atoms with Crippen molar-refractivity contribution in [3.63, 3.8) is 0 Å². The fourth-order valence-corrected chi connectivity index (χ4v) is 2.66. The Morgan fingerprint density at radius 2 is 1.72 bits per heavy atom. The maximum atomic E-state index is 12.5. The molecule has 2 rings (SSSR count). The van der Waals surface area contributed by atoms with E-state index in [4.69, 9.17) is 0 Å². The smallest absolute Gasteiger partial charge is 0.255 e. The summed E-state index contributed by atoms with van der Waals surface area (Å²) in [7, 11) is 0. The van der Waals surface area contributed by atoms with Gasteiger partial charge in [-0.2, -0.15) is 0 Å². The van der Waals surface area contributed by atoms with Gasteiger partial charge in [0.2, 0.25) is 5.91 Å². The van der Waals surface area contributed by atoms with Crippen LogP contribution in [0.3, 0.4) is 0 Å². The van der Waals surface area contributed by atoms with E-state index in [1.165, 1.54) is 12.1 Å². The van der Waals surface area contributed by atoms with Crippen LogP contribution in [0.4, 0.5) is 5.69 Å². The summed E-state index contributed by atoms with van der Waals surface area (Å²) in [4.78, 5) is 24.0. The van der Waals surface area contributed by atoms with E-state index >= 15 is 0 Å². The van der Waals surface area contributed by atoms with Crippen LogP contribution in [-0.2, 0) is 4.79 Å². The maximum absolute atomic E-state index is 12.5. The van der Waals surface area contributed by atoms with Crippen LogP contribution in [0.25, 0.3) is 0 Å². The van der Waals surface area contributed by atoms with Crippen LogP contribution in [-0.4, -0.2) is 16.9 Å². The summed E-state index contributed by atoms with van der Waals surface area (Å²) in [6, 6.07) is 10.4. The molecular weight excluding hydrogens is 316 g/mol. The minimum absolute atomic E-state index is 0.125. The van der Waals surface area contributed by atoms with Gasteiger partial charge in [-0.3, -0.25) is 9.59 Å². The van der Waals surface area contributed by atoms with Crippen LogP contribution < -0.4 is 10.6 Å². The van der Waals surface area contributed by atoms with Gasteiger partial charge in [-0.05, 0) is 44.5 Å². The molecule has 0 spiro atoms. The topological polar surface area (TPSA) is 78.4 Å². The van der Waals surface area contributed by atoms with Gasteiger partial charge in [0.15, 0.2) is 0 Å². The quantitative estimate of drug-likeness (QED) is 0.724. The molecule has 5 nitrogen and oxygen atoms in total. The summed E-state index contributed by atoms with van der Waals surface area (Å²) in [6.45, 7) is 7.66. The lowest BCUT2D eigenvalue weighted by molar-refractivity contribution is -0.115. The van der Waals surface area contributed by atoms with E-state index in [1.807, 2.05) is 32.9 Å². The molecule has 2 amide bonds. The number of phenols is 1. The van der Waals surface area contributed by atoms with Crippen molar-refractivity contribution in [2.75, 3.05) is 5.32 Å². The Hall–Kier alpha value is -2.82. The number of aromatic hydroxyl groups is 1. The van der Waals surface area contributed by atoms with Crippen molar-refractivity contribution in [2.24, 2.45) is 0 Å². The van der Waals surface area contributed by atoms with Crippen LogP contribution in [0.1, 0.15) is 53.4 Å². The number of phenolic OH excluding ortho intramolecular Hbond substituents is 1. The Kier molecular flexibility index (Phi) is 5.80. The minimum Gasteiger partial charge on any atom is -0.507 e. The number of aryl methyl sites for hydroxylation is 2. The second-order valence-corrected chi connectivity index (χ2v) is 6.25. The number of carbonyl (C=O) groups excluding carboxylic acids is 2. The van der Waals surface area contributed by atoms with E-state index in [1.54, 1.807) is 13.0 Å². The molecule has 0 fully saturated rings. The Bertz CT molecular complexity index is 779. The number of benzene rings is 2. The molecule has 5 heteroatoms. The first-order chi connectivity index (χ1) is 11.8. The fourth-order valence-electron chi connectivity index (χ4n) is 2.66. The highest BCUT2D eigenvalue weighted by Gasteiger charge is 2.16. The molecule has 3 N–H and O–H groups in total. The van der Waals surface area contributed by atoms with Gasteiger partial charge in [-0.25, -0.2) is 0 Å². The van der Waals surface area contributed by atoms with Crippen molar-refractivity contribution in [2.45, 2.75) is 40.2 Å². The third-order valence-corrected chi connectivity index (χ3v) is 3.94. The molecule has 0 radical (unpaired) electrons. The molecule has 1 unspecified atom stereocenters. The molecule has 2 aromatic rings. The van der Waals surface area contributed by atoms with Crippen molar-refractivity contribution in [1.82, 2.24) is 5.32 Å². The van der Waals surface area contributed by atoms with Crippen molar-refractivity contribution >= 4 is 17.5 Å². The molecule has 0 aliphatic rings. The molecular formula is C20H24N2O3. The SMILES string of the molecule is CCC(=O)Nc1ccc(O)c(C(=O)NC(C)c2cc(C)cc(C)c2)c1. The Morgan fingerprint density at radius 3 is 2.32 bits per heavy atom. The summed E-state index contributed by atoms with van der Waals surface area (Å²) < 4.78 is 0. The highest BCUT2D eigenvalue weighted by Crippen LogP contribution is 2.23. The summed E-state index contributed by atoms with van der Waals surface area (Å²) in [5, 5.41) is 15.6. The van der Waals surface area contributed by atoms with E-state index in [9.17, 15) is 14.7 Å². The average Bonchev–Trinajstić information content (AvgIpc) is 2.55. The first-order valence-electron chi connectivity index (χ1n) is 8.32. The van der Waals surface area contributed by atoms with Gasteiger partial charge in [0.25, 0.3) is 5.91 Å². The molecule has 1 atom stereocenters. The number of rotatable bonds is 5. The van der Waals surface area contributed by atoms with Crippen molar-refractivity contribution in [1.29, 1.82) is 0 Å². The van der Waals surface area contributed by atoms with Gasteiger partial charge in [0, 0.05) is 12.1 Å². The molecule has 132 valence electrons. The van der Waals surface area contributed by atoms with Gasteiger partial charge < -0.3 is 15.7 Å². The maximum Gasteiger partial charge on any atom is 0.255 e. The zero-order valence-electron chi connectivity index (χ0n) is 15.0. The zero-order valence-corrected chi connectivity index (χ0v) is 15.0. The molecule has 0 bridgehead atoms. The molecule has 0 saturated carbocycles. The molecule has 0 aliphatic carbocycles. The van der Waals surface area contributed by atoms with E-state index < -0.39 is 5.91 Å². The van der Waals surface area contributed by atoms with Crippen molar-refractivity contribution in [3.05, 3.63) is 58.7 Å². The summed E-state index contributed by atoms with van der Waals surface area (Å²) in [6.07, 6.45) is 0.339. The van der Waals surface area contributed by atoms with Crippen LogP contribution in [0.2, 0.25) is 0 Å². The van der Waals surface area contributed by atoms with Crippen molar-refractivity contribution in [3.8, 4) is 5.75 Å². The number of carbonyl (C=O) groups is 2. The molecule has 0 aromatic heterocycles. The third kappa shape index (κ3) is 4.83. The second-order valence-electron chi connectivity index (χ2n) is 6.25. The number of nitrogens with one attached hydrogen (secondary N) is 2. The Balaban J connectivity index is 2.19. The van der Waals surface area contributed by atoms with Crippen LogP contribution in [0.5, 0.6) is 5.75 Å². The number of amides is 2. The standard InChI is InChI=1S/C20H24N2O3/c1-5-19(24)22-16-6-7-18(23)17(11-16)20(25)21-14(4)15-9-12(2)8-13(3)10-15/h6-11,14,23H,5H2,1-4H3,(H,21,25)(H,22,24). The third-order valence-electron chi connectivity index (χ3n) is 3.94. The lowest BCUT2D eigenvalue weighted by Gasteiger charge is -2.17. The average molecular weight is 340 g/mol. The Labute approximate surface area is 148 Å². The number of anilines is 1. The predicted molar refractivity (Wildman–Crippen MR) is 98.8 cm³/mol. The Morgan fingerprint density at radius 1 is 1.08 bits per heavy atom. The molecule has 25 heavy (non-hydrogen) atoms. The van der Waals surface area contributed by atoms with Crippen LogP contribution >= 0.6 is 0 Å². The first-order valence-corrected chi connectivity index (χ1v) is 8.32. The highest BCUT2D eigenvalue weighted by molar-refractivity contribution is 5.99. The monoisotopic (exact) mass is 340 g/mol. The first kappa shape index (κ1) is 18.5. The molecule has 0 aliphatic heterocycles. The van der Waals surface area contributed by atoms with Gasteiger partial charge >= 0.3 is 0 Å². The fraction of sp³-hybridized carbons (Fsp3) is 0.300.